The van der Waals surface area contributed by atoms with Crippen LogP contribution in [0.5, 0.6) is 0 Å². The van der Waals surface area contributed by atoms with E-state index in [1.165, 1.54) is 0 Å². The van der Waals surface area contributed by atoms with Crippen LogP contribution in [0.3, 0.4) is 0 Å². The van der Waals surface area contributed by atoms with Gasteiger partial charge in [0.15, 0.2) is 5.65 Å². The molecule has 1 fully saturated rings. The van der Waals surface area contributed by atoms with E-state index < -0.39 is 0 Å². The fourth-order valence-electron chi connectivity index (χ4n) is 3.43. The van der Waals surface area contributed by atoms with Crippen LogP contribution in [0, 0.1) is 6.92 Å². The fraction of sp³-hybridized carbons (Fsp3) is 0.300. The normalized spacial score (nSPS) is 14.1. The third kappa shape index (κ3) is 3.28. The summed E-state index contributed by atoms with van der Waals surface area (Å²) in [6.07, 6.45) is 3.10. The first-order valence-corrected chi connectivity index (χ1v) is 9.00. The molecule has 1 saturated heterocycles. The standard InChI is InChI=1S/C20H21N5O2/c1-13-17-10-15(12-21-19(17)24(2)23-13)20(27)22-11-14-5-7-16(8-6-14)25-9-3-4-18(25)26/h5-8,10,12H,3-4,9,11H2,1-2H3,(H,22,27). The van der Waals surface area contributed by atoms with Crippen LogP contribution in [0.1, 0.15) is 34.5 Å². The number of fused-ring (bicyclic) bond motifs is 1. The number of pyridine rings is 1. The largest absolute Gasteiger partial charge is 0.348 e. The number of aromatic nitrogens is 3. The molecule has 0 unspecified atom stereocenters. The van der Waals surface area contributed by atoms with E-state index in [-0.39, 0.29) is 11.8 Å². The number of aryl methyl sites for hydroxylation is 2. The van der Waals surface area contributed by atoms with Crippen LogP contribution in [0.15, 0.2) is 36.5 Å². The molecule has 0 aliphatic carbocycles. The Morgan fingerprint density at radius 2 is 2.04 bits per heavy atom. The van der Waals surface area contributed by atoms with E-state index in [0.29, 0.717) is 18.5 Å². The Hall–Kier alpha value is -3.22. The van der Waals surface area contributed by atoms with Gasteiger partial charge >= 0.3 is 0 Å². The topological polar surface area (TPSA) is 80.1 Å². The number of carbonyl (C=O) groups is 2. The molecule has 27 heavy (non-hydrogen) atoms. The second-order valence-electron chi connectivity index (χ2n) is 6.80. The minimum Gasteiger partial charge on any atom is -0.348 e. The minimum absolute atomic E-state index is 0.171. The summed E-state index contributed by atoms with van der Waals surface area (Å²) < 4.78 is 1.71. The summed E-state index contributed by atoms with van der Waals surface area (Å²) in [5, 5.41) is 8.12. The number of nitrogens with one attached hydrogen (secondary N) is 1. The number of nitrogens with zero attached hydrogens (tertiary/aromatic N) is 4. The molecule has 0 spiro atoms. The van der Waals surface area contributed by atoms with Gasteiger partial charge < -0.3 is 10.2 Å². The maximum atomic E-state index is 12.5. The maximum Gasteiger partial charge on any atom is 0.253 e. The molecule has 1 N–H and O–H groups in total. The Bertz CT molecular complexity index is 1020. The average Bonchev–Trinajstić information content (AvgIpc) is 3.23. The number of amides is 2. The summed E-state index contributed by atoms with van der Waals surface area (Å²) >= 11 is 0. The fourth-order valence-corrected chi connectivity index (χ4v) is 3.43. The first-order valence-electron chi connectivity index (χ1n) is 9.00. The van der Waals surface area contributed by atoms with Crippen LogP contribution in [0.25, 0.3) is 11.0 Å². The second kappa shape index (κ2) is 6.83. The molecule has 1 aliphatic rings. The molecule has 3 heterocycles. The van der Waals surface area contributed by atoms with Crippen LogP contribution >= 0.6 is 0 Å². The SMILES string of the molecule is Cc1nn(C)c2ncc(C(=O)NCc3ccc(N4CCCC4=O)cc3)cc12. The maximum absolute atomic E-state index is 12.5. The molecule has 3 aromatic rings. The summed E-state index contributed by atoms with van der Waals surface area (Å²) in [5.41, 5.74) is 4.01. The molecule has 2 amide bonds. The van der Waals surface area contributed by atoms with Gasteiger partial charge in [0.05, 0.1) is 11.3 Å². The van der Waals surface area contributed by atoms with E-state index in [0.717, 1.165) is 40.9 Å². The summed E-state index contributed by atoms with van der Waals surface area (Å²) in [4.78, 5) is 30.4. The van der Waals surface area contributed by atoms with Crippen molar-refractivity contribution in [1.29, 1.82) is 0 Å². The number of anilines is 1. The molecule has 1 aliphatic heterocycles. The van der Waals surface area contributed by atoms with Gasteiger partial charge in [0.25, 0.3) is 5.91 Å². The zero-order chi connectivity index (χ0) is 19.0. The Kier molecular flexibility index (Phi) is 4.35. The Morgan fingerprint density at radius 1 is 1.26 bits per heavy atom. The first kappa shape index (κ1) is 17.2. The molecule has 138 valence electrons. The highest BCUT2D eigenvalue weighted by molar-refractivity contribution is 5.97. The third-order valence-corrected chi connectivity index (χ3v) is 4.90. The van der Waals surface area contributed by atoms with E-state index in [2.05, 4.69) is 15.4 Å². The van der Waals surface area contributed by atoms with E-state index in [4.69, 9.17) is 0 Å². The molecule has 0 atom stereocenters. The second-order valence-corrected chi connectivity index (χ2v) is 6.80. The molecule has 2 aromatic heterocycles. The number of hydrogen-bond acceptors (Lipinski definition) is 4. The highest BCUT2D eigenvalue weighted by Gasteiger charge is 2.21. The van der Waals surface area contributed by atoms with Crippen LogP contribution in [0.4, 0.5) is 5.69 Å². The Balaban J connectivity index is 1.43. The van der Waals surface area contributed by atoms with Gasteiger partial charge in [-0.15, -0.1) is 0 Å². The molecule has 0 bridgehead atoms. The van der Waals surface area contributed by atoms with E-state index in [1.807, 2.05) is 44.3 Å². The van der Waals surface area contributed by atoms with Crippen molar-refractivity contribution in [3.63, 3.8) is 0 Å². The van der Waals surface area contributed by atoms with E-state index in [9.17, 15) is 9.59 Å². The van der Waals surface area contributed by atoms with Crippen LogP contribution in [-0.4, -0.2) is 33.1 Å². The lowest BCUT2D eigenvalue weighted by molar-refractivity contribution is -0.117. The zero-order valence-electron chi connectivity index (χ0n) is 15.4. The lowest BCUT2D eigenvalue weighted by atomic mass is 10.1. The smallest absolute Gasteiger partial charge is 0.253 e. The van der Waals surface area contributed by atoms with Crippen molar-refractivity contribution in [3.05, 3.63) is 53.3 Å². The van der Waals surface area contributed by atoms with E-state index >= 15 is 0 Å². The van der Waals surface area contributed by atoms with Gasteiger partial charge in [0.2, 0.25) is 5.91 Å². The number of benzene rings is 1. The lowest BCUT2D eigenvalue weighted by Gasteiger charge is -2.16. The molecular formula is C20H21N5O2. The molecule has 4 rings (SSSR count). The summed E-state index contributed by atoms with van der Waals surface area (Å²) in [6.45, 7) is 3.09. The monoisotopic (exact) mass is 363 g/mol. The van der Waals surface area contributed by atoms with Crippen molar-refractivity contribution < 1.29 is 9.59 Å². The van der Waals surface area contributed by atoms with Crippen LogP contribution in [-0.2, 0) is 18.4 Å². The predicted octanol–water partition coefficient (Wildman–Crippen LogP) is 2.33. The number of carbonyl (C=O) groups excluding carboxylic acids is 2. The first-order chi connectivity index (χ1) is 13.0. The van der Waals surface area contributed by atoms with Crippen molar-refractivity contribution in [3.8, 4) is 0 Å². The van der Waals surface area contributed by atoms with Gasteiger partial charge in [0, 0.05) is 43.8 Å². The number of hydrogen-bond donors (Lipinski definition) is 1. The van der Waals surface area contributed by atoms with Crippen molar-refractivity contribution in [2.45, 2.75) is 26.3 Å². The van der Waals surface area contributed by atoms with Crippen LogP contribution < -0.4 is 10.2 Å². The van der Waals surface area contributed by atoms with Gasteiger partial charge in [0.1, 0.15) is 0 Å². The van der Waals surface area contributed by atoms with Crippen LogP contribution in [0.2, 0.25) is 0 Å². The Morgan fingerprint density at radius 3 is 2.74 bits per heavy atom. The zero-order valence-corrected chi connectivity index (χ0v) is 15.4. The predicted molar refractivity (Wildman–Crippen MR) is 102 cm³/mol. The molecule has 0 radical (unpaired) electrons. The highest BCUT2D eigenvalue weighted by atomic mass is 16.2. The Labute approximate surface area is 157 Å². The lowest BCUT2D eigenvalue weighted by Crippen LogP contribution is -2.24. The molecule has 7 nitrogen and oxygen atoms in total. The van der Waals surface area contributed by atoms with Gasteiger partial charge in [-0.3, -0.25) is 14.3 Å². The van der Waals surface area contributed by atoms with Crippen molar-refractivity contribution in [2.24, 2.45) is 7.05 Å². The molecule has 7 heteroatoms. The van der Waals surface area contributed by atoms with E-state index in [1.54, 1.807) is 15.8 Å². The number of rotatable bonds is 4. The molecular weight excluding hydrogens is 342 g/mol. The summed E-state index contributed by atoms with van der Waals surface area (Å²) in [7, 11) is 1.83. The highest BCUT2D eigenvalue weighted by Crippen LogP contribution is 2.21. The average molecular weight is 363 g/mol. The van der Waals surface area contributed by atoms with Gasteiger partial charge in [-0.1, -0.05) is 12.1 Å². The quantitative estimate of drug-likeness (QED) is 0.771. The van der Waals surface area contributed by atoms with Crippen molar-refractivity contribution in [2.75, 3.05) is 11.4 Å². The summed E-state index contributed by atoms with van der Waals surface area (Å²) in [5.74, 6) is -0.00362. The van der Waals surface area contributed by atoms with Gasteiger partial charge in [-0.2, -0.15) is 5.10 Å². The molecule has 1 aromatic carbocycles. The minimum atomic E-state index is -0.175. The van der Waals surface area contributed by atoms with Crippen molar-refractivity contribution in [1.82, 2.24) is 20.1 Å². The third-order valence-electron chi connectivity index (χ3n) is 4.90. The molecule has 0 saturated carbocycles. The van der Waals surface area contributed by atoms with Crippen molar-refractivity contribution >= 4 is 28.5 Å². The van der Waals surface area contributed by atoms with Gasteiger partial charge in [-0.05, 0) is 37.1 Å². The summed E-state index contributed by atoms with van der Waals surface area (Å²) in [6, 6.07) is 9.55. The van der Waals surface area contributed by atoms with Gasteiger partial charge in [-0.25, -0.2) is 4.98 Å².